The van der Waals surface area contributed by atoms with Gasteiger partial charge in [-0.05, 0) is 19.4 Å². The minimum Gasteiger partial charge on any atom is -0.493 e. The maximum absolute atomic E-state index is 10.1. The van der Waals surface area contributed by atoms with Crippen LogP contribution >= 0.6 is 0 Å². The molecule has 0 heterocycles. The first-order valence-electron chi connectivity index (χ1n) is 7.27. The molecule has 0 amide bonds. The molecule has 1 atom stereocenters. The van der Waals surface area contributed by atoms with Gasteiger partial charge in [0, 0.05) is 12.2 Å². The van der Waals surface area contributed by atoms with Crippen molar-refractivity contribution in [2.75, 3.05) is 19.8 Å². The van der Waals surface area contributed by atoms with Gasteiger partial charge in [-0.1, -0.05) is 44.4 Å². The predicted octanol–water partition coefficient (Wildman–Crippen LogP) is 3.72. The van der Waals surface area contributed by atoms with Crippen LogP contribution in [-0.2, 0) is 4.74 Å². The Bertz CT molecular complexity index is 339. The van der Waals surface area contributed by atoms with Crippen molar-refractivity contribution in [3.8, 4) is 5.75 Å². The summed E-state index contributed by atoms with van der Waals surface area (Å²) in [6.45, 7) is 5.77. The lowest BCUT2D eigenvalue weighted by atomic mass is 10.1. The number of hydrogen-bond donors (Lipinski definition) is 1. The molecule has 1 rings (SSSR count). The minimum atomic E-state index is -0.617. The molecule has 0 aliphatic heterocycles. The van der Waals surface area contributed by atoms with Crippen molar-refractivity contribution in [2.24, 2.45) is 0 Å². The summed E-state index contributed by atoms with van der Waals surface area (Å²) in [5.41, 5.74) is 0.804. The Kier molecular flexibility index (Phi) is 8.26. The highest BCUT2D eigenvalue weighted by atomic mass is 16.5. The van der Waals surface area contributed by atoms with Crippen molar-refractivity contribution in [3.05, 3.63) is 29.8 Å². The van der Waals surface area contributed by atoms with Gasteiger partial charge in [-0.25, -0.2) is 0 Å². The summed E-state index contributed by atoms with van der Waals surface area (Å²) in [6.07, 6.45) is 4.12. The number of unbranched alkanes of at least 4 members (excludes halogenated alkanes) is 3. The second-order valence-corrected chi connectivity index (χ2v) is 4.62. The molecule has 0 spiro atoms. The van der Waals surface area contributed by atoms with E-state index in [1.54, 1.807) is 0 Å². The number of para-hydroxylation sites is 1. The monoisotopic (exact) mass is 266 g/mol. The van der Waals surface area contributed by atoms with Crippen LogP contribution in [0.2, 0.25) is 0 Å². The average molecular weight is 266 g/mol. The summed E-state index contributed by atoms with van der Waals surface area (Å²) in [5.74, 6) is 0.743. The number of ether oxygens (including phenoxy) is 2. The Balaban J connectivity index is 2.34. The van der Waals surface area contributed by atoms with Crippen molar-refractivity contribution in [3.63, 3.8) is 0 Å². The molecule has 1 unspecified atom stereocenters. The highest BCUT2D eigenvalue weighted by Crippen LogP contribution is 2.25. The van der Waals surface area contributed by atoms with Crippen molar-refractivity contribution in [2.45, 2.75) is 45.6 Å². The van der Waals surface area contributed by atoms with Crippen LogP contribution in [0.25, 0.3) is 0 Å². The molecule has 3 nitrogen and oxygen atoms in total. The molecular weight excluding hydrogens is 240 g/mol. The highest BCUT2D eigenvalue weighted by molar-refractivity contribution is 5.35. The number of aliphatic hydroxyl groups excluding tert-OH is 1. The molecule has 0 fully saturated rings. The molecule has 0 saturated heterocycles. The van der Waals surface area contributed by atoms with E-state index >= 15 is 0 Å². The van der Waals surface area contributed by atoms with E-state index in [1.165, 1.54) is 19.3 Å². The normalized spacial score (nSPS) is 12.4. The van der Waals surface area contributed by atoms with Crippen molar-refractivity contribution >= 4 is 0 Å². The molecule has 108 valence electrons. The van der Waals surface area contributed by atoms with E-state index in [9.17, 15) is 5.11 Å². The molecule has 0 saturated carbocycles. The zero-order valence-corrected chi connectivity index (χ0v) is 12.1. The Labute approximate surface area is 116 Å². The predicted molar refractivity (Wildman–Crippen MR) is 77.5 cm³/mol. The quantitative estimate of drug-likeness (QED) is 0.656. The molecule has 1 aromatic rings. The lowest BCUT2D eigenvalue weighted by Gasteiger charge is -2.15. The van der Waals surface area contributed by atoms with Gasteiger partial charge in [0.05, 0.1) is 13.2 Å². The molecule has 0 aromatic heterocycles. The van der Waals surface area contributed by atoms with Crippen LogP contribution in [0.4, 0.5) is 0 Å². The van der Waals surface area contributed by atoms with E-state index in [0.717, 1.165) is 17.7 Å². The number of benzene rings is 1. The fraction of sp³-hybridized carbons (Fsp3) is 0.625. The summed E-state index contributed by atoms with van der Waals surface area (Å²) in [4.78, 5) is 0. The minimum absolute atomic E-state index is 0.330. The van der Waals surface area contributed by atoms with Crippen molar-refractivity contribution < 1.29 is 14.6 Å². The molecule has 1 aromatic carbocycles. The van der Waals surface area contributed by atoms with E-state index in [1.807, 2.05) is 31.2 Å². The fourth-order valence-corrected chi connectivity index (χ4v) is 1.96. The van der Waals surface area contributed by atoms with E-state index in [4.69, 9.17) is 9.47 Å². The second kappa shape index (κ2) is 9.82. The highest BCUT2D eigenvalue weighted by Gasteiger charge is 2.12. The lowest BCUT2D eigenvalue weighted by Crippen LogP contribution is -2.10. The summed E-state index contributed by atoms with van der Waals surface area (Å²) in [7, 11) is 0. The van der Waals surface area contributed by atoms with Gasteiger partial charge in [0.1, 0.15) is 11.9 Å². The van der Waals surface area contributed by atoms with Gasteiger partial charge in [-0.3, -0.25) is 0 Å². The Morgan fingerprint density at radius 3 is 2.63 bits per heavy atom. The molecule has 0 radical (unpaired) electrons. The van der Waals surface area contributed by atoms with E-state index < -0.39 is 6.10 Å². The van der Waals surface area contributed by atoms with Gasteiger partial charge in [0.25, 0.3) is 0 Å². The Hall–Kier alpha value is -1.06. The summed E-state index contributed by atoms with van der Waals surface area (Å²) < 4.78 is 11.0. The molecule has 0 aliphatic carbocycles. The molecule has 1 N–H and O–H groups in total. The van der Waals surface area contributed by atoms with Gasteiger partial charge in [-0.2, -0.15) is 0 Å². The average Bonchev–Trinajstić information content (AvgIpc) is 2.43. The second-order valence-electron chi connectivity index (χ2n) is 4.62. The van der Waals surface area contributed by atoms with Crippen LogP contribution in [0, 0.1) is 0 Å². The topological polar surface area (TPSA) is 38.7 Å². The Morgan fingerprint density at radius 2 is 1.89 bits per heavy atom. The van der Waals surface area contributed by atoms with Crippen molar-refractivity contribution in [1.29, 1.82) is 0 Å². The SMILES string of the molecule is CCCCCCOCC(O)c1ccccc1OCC. The summed E-state index contributed by atoms with van der Waals surface area (Å²) in [5, 5.41) is 10.1. The van der Waals surface area contributed by atoms with Gasteiger partial charge in [0.15, 0.2) is 0 Å². The first-order valence-corrected chi connectivity index (χ1v) is 7.27. The molecular formula is C16H26O3. The lowest BCUT2D eigenvalue weighted by molar-refractivity contribution is 0.0331. The maximum atomic E-state index is 10.1. The number of hydrogen-bond acceptors (Lipinski definition) is 3. The zero-order valence-electron chi connectivity index (χ0n) is 12.1. The van der Waals surface area contributed by atoms with Crippen LogP contribution in [-0.4, -0.2) is 24.9 Å². The van der Waals surface area contributed by atoms with Gasteiger partial charge >= 0.3 is 0 Å². The standard InChI is InChI=1S/C16H26O3/c1-3-5-6-9-12-18-13-15(17)14-10-7-8-11-16(14)19-4-2/h7-8,10-11,15,17H,3-6,9,12-13H2,1-2H3. The molecule has 3 heteroatoms. The first-order chi connectivity index (χ1) is 9.29. The molecule has 0 aliphatic rings. The third-order valence-electron chi connectivity index (χ3n) is 3.00. The van der Waals surface area contributed by atoms with Crippen LogP contribution in [0.15, 0.2) is 24.3 Å². The third kappa shape index (κ3) is 6.08. The number of aliphatic hydroxyl groups is 1. The summed E-state index contributed by atoms with van der Waals surface area (Å²) in [6, 6.07) is 7.58. The maximum Gasteiger partial charge on any atom is 0.125 e. The van der Waals surface area contributed by atoms with Gasteiger partial charge in [-0.15, -0.1) is 0 Å². The van der Waals surface area contributed by atoms with Gasteiger partial charge in [0.2, 0.25) is 0 Å². The van der Waals surface area contributed by atoms with Crippen LogP contribution in [0.3, 0.4) is 0 Å². The fourth-order valence-electron chi connectivity index (χ4n) is 1.96. The van der Waals surface area contributed by atoms with Crippen LogP contribution in [0.5, 0.6) is 5.75 Å². The van der Waals surface area contributed by atoms with Crippen LogP contribution < -0.4 is 4.74 Å². The Morgan fingerprint density at radius 1 is 1.11 bits per heavy atom. The first kappa shape index (κ1) is 16.0. The van der Waals surface area contributed by atoms with E-state index in [0.29, 0.717) is 19.8 Å². The largest absolute Gasteiger partial charge is 0.493 e. The summed E-state index contributed by atoms with van der Waals surface area (Å²) >= 11 is 0. The van der Waals surface area contributed by atoms with Crippen LogP contribution in [0.1, 0.15) is 51.2 Å². The molecule has 0 bridgehead atoms. The van der Waals surface area contributed by atoms with E-state index in [-0.39, 0.29) is 0 Å². The number of rotatable bonds is 10. The van der Waals surface area contributed by atoms with Gasteiger partial charge < -0.3 is 14.6 Å². The zero-order chi connectivity index (χ0) is 13.9. The third-order valence-corrected chi connectivity index (χ3v) is 3.00. The molecule has 19 heavy (non-hydrogen) atoms. The smallest absolute Gasteiger partial charge is 0.125 e. The van der Waals surface area contributed by atoms with E-state index in [2.05, 4.69) is 6.92 Å². The van der Waals surface area contributed by atoms with Crippen molar-refractivity contribution in [1.82, 2.24) is 0 Å².